The maximum absolute atomic E-state index is 3.57. The fourth-order valence-electron chi connectivity index (χ4n) is 2.44. The number of nitrogens with zero attached hydrogens (tertiary/aromatic N) is 1. The molecular formula is C11H23N3. The molecule has 3 heteroatoms. The summed E-state index contributed by atoms with van der Waals surface area (Å²) in [5.41, 5.74) is 0. The lowest BCUT2D eigenvalue weighted by atomic mass is 10.1. The third-order valence-corrected chi connectivity index (χ3v) is 3.37. The van der Waals surface area contributed by atoms with E-state index in [1.807, 2.05) is 0 Å². The number of hydrogen-bond acceptors (Lipinski definition) is 3. The zero-order valence-corrected chi connectivity index (χ0v) is 9.10. The Hall–Kier alpha value is -0.120. The molecule has 14 heavy (non-hydrogen) atoms. The Labute approximate surface area is 87.2 Å². The van der Waals surface area contributed by atoms with Gasteiger partial charge in [-0.1, -0.05) is 6.42 Å². The molecule has 1 atom stereocenters. The maximum atomic E-state index is 3.57. The van der Waals surface area contributed by atoms with Gasteiger partial charge >= 0.3 is 0 Å². The summed E-state index contributed by atoms with van der Waals surface area (Å²) in [5.74, 6) is 0. The topological polar surface area (TPSA) is 27.3 Å². The highest BCUT2D eigenvalue weighted by molar-refractivity contribution is 4.77. The van der Waals surface area contributed by atoms with Crippen LogP contribution in [-0.2, 0) is 0 Å². The van der Waals surface area contributed by atoms with Gasteiger partial charge in [-0.05, 0) is 38.9 Å². The summed E-state index contributed by atoms with van der Waals surface area (Å²) in [4.78, 5) is 2.62. The largest absolute Gasteiger partial charge is 0.314 e. The molecule has 2 rings (SSSR count). The Bertz CT molecular complexity index is 131. The van der Waals surface area contributed by atoms with Crippen molar-refractivity contribution in [3.8, 4) is 0 Å². The van der Waals surface area contributed by atoms with Crippen molar-refractivity contribution in [3.63, 3.8) is 0 Å². The molecule has 1 unspecified atom stereocenters. The summed E-state index contributed by atoms with van der Waals surface area (Å²) >= 11 is 0. The van der Waals surface area contributed by atoms with Gasteiger partial charge in [0, 0.05) is 25.7 Å². The molecule has 0 aromatic carbocycles. The lowest BCUT2D eigenvalue weighted by Gasteiger charge is -2.30. The molecule has 2 aliphatic rings. The van der Waals surface area contributed by atoms with E-state index in [2.05, 4.69) is 15.5 Å². The third-order valence-electron chi connectivity index (χ3n) is 3.37. The maximum Gasteiger partial charge on any atom is 0.0205 e. The van der Waals surface area contributed by atoms with Crippen LogP contribution in [0.4, 0.5) is 0 Å². The number of likely N-dealkylation sites (tertiary alicyclic amines) is 1. The minimum Gasteiger partial charge on any atom is -0.314 e. The Morgan fingerprint density at radius 1 is 1.07 bits per heavy atom. The smallest absolute Gasteiger partial charge is 0.0205 e. The number of rotatable bonds is 3. The van der Waals surface area contributed by atoms with E-state index in [1.165, 1.54) is 45.3 Å². The third kappa shape index (κ3) is 3.23. The summed E-state index contributed by atoms with van der Waals surface area (Å²) in [5, 5.41) is 7.01. The van der Waals surface area contributed by atoms with Gasteiger partial charge in [0.2, 0.25) is 0 Å². The summed E-state index contributed by atoms with van der Waals surface area (Å²) in [6.07, 6.45) is 5.58. The van der Waals surface area contributed by atoms with Crippen LogP contribution in [0.3, 0.4) is 0 Å². The first-order valence-corrected chi connectivity index (χ1v) is 6.11. The van der Waals surface area contributed by atoms with Crippen molar-refractivity contribution >= 4 is 0 Å². The SMILES string of the molecule is C1CCN(CCC2CNCCN2)CC1. The Morgan fingerprint density at radius 2 is 1.93 bits per heavy atom. The van der Waals surface area contributed by atoms with Crippen molar-refractivity contribution in [1.29, 1.82) is 0 Å². The van der Waals surface area contributed by atoms with Crippen molar-refractivity contribution < 1.29 is 0 Å². The first kappa shape index (κ1) is 10.4. The molecule has 0 spiro atoms. The van der Waals surface area contributed by atoms with Crippen LogP contribution in [0.2, 0.25) is 0 Å². The normalized spacial score (nSPS) is 30.4. The van der Waals surface area contributed by atoms with Crippen LogP contribution in [0.25, 0.3) is 0 Å². The second-order valence-corrected chi connectivity index (χ2v) is 4.55. The molecule has 0 saturated carbocycles. The highest BCUT2D eigenvalue weighted by Gasteiger charge is 2.15. The van der Waals surface area contributed by atoms with Crippen LogP contribution in [0.15, 0.2) is 0 Å². The van der Waals surface area contributed by atoms with E-state index in [0.29, 0.717) is 6.04 Å². The predicted octanol–water partition coefficient (Wildman–Crippen LogP) is 0.424. The standard InChI is InChI=1S/C11H23N3/c1-2-7-14(8-3-1)9-4-11-10-12-5-6-13-11/h11-13H,1-10H2. The van der Waals surface area contributed by atoms with Gasteiger partial charge in [-0.15, -0.1) is 0 Å². The predicted molar refractivity (Wildman–Crippen MR) is 59.6 cm³/mol. The van der Waals surface area contributed by atoms with Gasteiger partial charge in [-0.25, -0.2) is 0 Å². The molecule has 0 radical (unpaired) electrons. The summed E-state index contributed by atoms with van der Waals surface area (Å²) in [7, 11) is 0. The molecule has 0 bridgehead atoms. The molecular weight excluding hydrogens is 174 g/mol. The van der Waals surface area contributed by atoms with Crippen molar-refractivity contribution in [3.05, 3.63) is 0 Å². The van der Waals surface area contributed by atoms with E-state index in [-0.39, 0.29) is 0 Å². The van der Waals surface area contributed by atoms with Crippen molar-refractivity contribution in [2.75, 3.05) is 39.3 Å². The molecule has 82 valence electrons. The first-order chi connectivity index (χ1) is 6.95. The molecule has 0 amide bonds. The molecule has 2 fully saturated rings. The van der Waals surface area contributed by atoms with E-state index >= 15 is 0 Å². The van der Waals surface area contributed by atoms with Gasteiger partial charge in [0.25, 0.3) is 0 Å². The van der Waals surface area contributed by atoms with Gasteiger partial charge in [0.05, 0.1) is 0 Å². The van der Waals surface area contributed by atoms with Gasteiger partial charge in [0.1, 0.15) is 0 Å². The van der Waals surface area contributed by atoms with E-state index < -0.39 is 0 Å². The van der Waals surface area contributed by atoms with Crippen LogP contribution in [0.1, 0.15) is 25.7 Å². The van der Waals surface area contributed by atoms with Gasteiger partial charge in [-0.3, -0.25) is 0 Å². The molecule has 0 aromatic heterocycles. The fourth-order valence-corrected chi connectivity index (χ4v) is 2.44. The Kier molecular flexibility index (Phi) is 4.22. The van der Waals surface area contributed by atoms with Crippen molar-refractivity contribution in [1.82, 2.24) is 15.5 Å². The fraction of sp³-hybridized carbons (Fsp3) is 1.00. The molecule has 2 aliphatic heterocycles. The summed E-state index contributed by atoms with van der Waals surface area (Å²) in [6.45, 7) is 7.40. The van der Waals surface area contributed by atoms with E-state index in [9.17, 15) is 0 Å². The monoisotopic (exact) mass is 197 g/mol. The van der Waals surface area contributed by atoms with Crippen molar-refractivity contribution in [2.45, 2.75) is 31.7 Å². The first-order valence-electron chi connectivity index (χ1n) is 6.11. The number of hydrogen-bond donors (Lipinski definition) is 2. The zero-order valence-electron chi connectivity index (χ0n) is 9.10. The van der Waals surface area contributed by atoms with E-state index in [4.69, 9.17) is 0 Å². The van der Waals surface area contributed by atoms with Gasteiger partial charge in [-0.2, -0.15) is 0 Å². The molecule has 2 N–H and O–H groups in total. The average Bonchev–Trinajstić information content (AvgIpc) is 2.29. The van der Waals surface area contributed by atoms with Crippen LogP contribution >= 0.6 is 0 Å². The number of nitrogens with one attached hydrogen (secondary N) is 2. The van der Waals surface area contributed by atoms with Gasteiger partial charge < -0.3 is 15.5 Å². The Morgan fingerprint density at radius 3 is 2.64 bits per heavy atom. The highest BCUT2D eigenvalue weighted by Crippen LogP contribution is 2.09. The van der Waals surface area contributed by atoms with Crippen LogP contribution < -0.4 is 10.6 Å². The zero-order chi connectivity index (χ0) is 9.64. The molecule has 2 heterocycles. The highest BCUT2D eigenvalue weighted by atomic mass is 15.1. The quantitative estimate of drug-likeness (QED) is 0.687. The molecule has 2 saturated heterocycles. The van der Waals surface area contributed by atoms with Crippen molar-refractivity contribution in [2.24, 2.45) is 0 Å². The van der Waals surface area contributed by atoms with E-state index in [1.54, 1.807) is 0 Å². The second kappa shape index (κ2) is 5.69. The molecule has 0 aliphatic carbocycles. The lowest BCUT2D eigenvalue weighted by molar-refractivity contribution is 0.213. The molecule has 0 aromatic rings. The summed E-state index contributed by atoms with van der Waals surface area (Å²) < 4.78 is 0. The van der Waals surface area contributed by atoms with Crippen LogP contribution in [0.5, 0.6) is 0 Å². The molecule has 3 nitrogen and oxygen atoms in total. The number of piperidine rings is 1. The summed E-state index contributed by atoms with van der Waals surface area (Å²) in [6, 6.07) is 0.714. The minimum absolute atomic E-state index is 0.714. The lowest BCUT2D eigenvalue weighted by Crippen LogP contribution is -2.49. The number of piperazine rings is 1. The Balaban J connectivity index is 1.60. The minimum atomic E-state index is 0.714. The second-order valence-electron chi connectivity index (χ2n) is 4.55. The van der Waals surface area contributed by atoms with Crippen LogP contribution in [-0.4, -0.2) is 50.2 Å². The average molecular weight is 197 g/mol. The van der Waals surface area contributed by atoms with Gasteiger partial charge in [0.15, 0.2) is 0 Å². The van der Waals surface area contributed by atoms with Crippen LogP contribution in [0, 0.1) is 0 Å². The van der Waals surface area contributed by atoms with E-state index in [0.717, 1.165) is 19.6 Å².